The zero-order valence-corrected chi connectivity index (χ0v) is 6.64. The van der Waals surface area contributed by atoms with Crippen LogP contribution in [0.4, 0.5) is 0 Å². The Kier molecular flexibility index (Phi) is 2.70. The molecule has 0 aromatic heterocycles. The lowest BCUT2D eigenvalue weighted by atomic mass is 9.88. The van der Waals surface area contributed by atoms with Crippen molar-refractivity contribution in [2.45, 2.75) is 38.6 Å². The van der Waals surface area contributed by atoms with Gasteiger partial charge in [0, 0.05) is 0 Å². The molecule has 1 fully saturated rings. The van der Waals surface area contributed by atoms with Crippen molar-refractivity contribution in [2.75, 3.05) is 0 Å². The van der Waals surface area contributed by atoms with Gasteiger partial charge in [-0.1, -0.05) is 6.92 Å². The molecule has 0 heterocycles. The molecule has 0 N–H and O–H groups in total. The average molecular weight is 137 g/mol. The lowest BCUT2D eigenvalue weighted by Crippen LogP contribution is -2.14. The van der Waals surface area contributed by atoms with Gasteiger partial charge >= 0.3 is 0 Å². The zero-order chi connectivity index (χ0) is 7.40. The second-order valence-corrected chi connectivity index (χ2v) is 3.20. The number of hydrogen-bond acceptors (Lipinski definition) is 1. The molecule has 10 heavy (non-hydrogen) atoms. The Morgan fingerprint density at radius 3 is 2.40 bits per heavy atom. The maximum absolute atomic E-state index is 4.16. The molecule has 0 saturated heterocycles. The van der Waals surface area contributed by atoms with Crippen molar-refractivity contribution >= 4 is 5.87 Å². The molecule has 56 valence electrons. The molecular weight excluding hydrogens is 122 g/mol. The van der Waals surface area contributed by atoms with Crippen LogP contribution in [0.15, 0.2) is 11.6 Å². The minimum atomic E-state index is 0.536. The Morgan fingerprint density at radius 1 is 1.30 bits per heavy atom. The second kappa shape index (κ2) is 3.58. The molecule has 1 aliphatic carbocycles. The van der Waals surface area contributed by atoms with Crippen LogP contribution in [0.25, 0.3) is 0 Å². The maximum atomic E-state index is 4.16. The van der Waals surface area contributed by atoms with Crippen LogP contribution in [0, 0.1) is 5.92 Å². The van der Waals surface area contributed by atoms with E-state index in [1.165, 1.54) is 25.7 Å². The topological polar surface area (TPSA) is 12.4 Å². The Labute approximate surface area is 62.9 Å². The van der Waals surface area contributed by atoms with Gasteiger partial charge < -0.3 is 0 Å². The van der Waals surface area contributed by atoms with Gasteiger partial charge in [-0.25, -0.2) is 4.99 Å². The van der Waals surface area contributed by atoms with E-state index in [1.54, 1.807) is 0 Å². The predicted molar refractivity (Wildman–Crippen MR) is 44.5 cm³/mol. The summed E-state index contributed by atoms with van der Waals surface area (Å²) in [4.78, 5) is 4.16. The first-order valence-electron chi connectivity index (χ1n) is 4.05. The van der Waals surface area contributed by atoms with E-state index in [1.807, 2.05) is 0 Å². The van der Waals surface area contributed by atoms with Gasteiger partial charge in [0.25, 0.3) is 0 Å². The molecular formula is C9H15N. The predicted octanol–water partition coefficient (Wildman–Crippen LogP) is 2.42. The first-order valence-corrected chi connectivity index (χ1v) is 4.05. The highest BCUT2D eigenvalue weighted by Gasteiger charge is 2.16. The number of hydrogen-bond donors (Lipinski definition) is 0. The normalized spacial score (nSPS) is 32.9. The molecule has 1 aliphatic rings. The largest absolute Gasteiger partial charge is 0.240 e. The fourth-order valence-corrected chi connectivity index (χ4v) is 1.50. The molecule has 0 radical (unpaired) electrons. The maximum Gasteiger partial charge on any atom is 0.0593 e. The van der Waals surface area contributed by atoms with Crippen LogP contribution in [0.5, 0.6) is 0 Å². The van der Waals surface area contributed by atoms with Crippen LogP contribution in [0.3, 0.4) is 0 Å². The first kappa shape index (κ1) is 7.56. The van der Waals surface area contributed by atoms with Crippen molar-refractivity contribution in [1.29, 1.82) is 0 Å². The summed E-state index contributed by atoms with van der Waals surface area (Å²) < 4.78 is 0. The summed E-state index contributed by atoms with van der Waals surface area (Å²) in [6.45, 7) is 5.80. The van der Waals surface area contributed by atoms with E-state index in [9.17, 15) is 0 Å². The highest BCUT2D eigenvalue weighted by molar-refractivity contribution is 5.46. The summed E-state index contributed by atoms with van der Waals surface area (Å²) in [6.07, 6.45) is 5.14. The smallest absolute Gasteiger partial charge is 0.0593 e. The third-order valence-electron chi connectivity index (χ3n) is 2.26. The van der Waals surface area contributed by atoms with Gasteiger partial charge in [0.1, 0.15) is 0 Å². The van der Waals surface area contributed by atoms with Crippen molar-refractivity contribution in [3.63, 3.8) is 0 Å². The molecule has 0 aromatic rings. The van der Waals surface area contributed by atoms with Gasteiger partial charge in [-0.15, -0.1) is 0 Å². The Morgan fingerprint density at radius 2 is 1.90 bits per heavy atom. The molecule has 0 unspecified atom stereocenters. The fourth-order valence-electron chi connectivity index (χ4n) is 1.50. The number of aliphatic imine (C=N–C) groups is 1. The highest BCUT2D eigenvalue weighted by Crippen LogP contribution is 2.24. The lowest BCUT2D eigenvalue weighted by Gasteiger charge is -2.21. The van der Waals surface area contributed by atoms with E-state index in [4.69, 9.17) is 0 Å². The standard InChI is InChI=1S/C9H15N/c1-3-10-9-6-4-8(2)5-7-9/h8-9H,1,4-7H2,2H3. The summed E-state index contributed by atoms with van der Waals surface area (Å²) in [6, 6.07) is 0.536. The molecule has 1 heteroatoms. The van der Waals surface area contributed by atoms with Crippen molar-refractivity contribution < 1.29 is 0 Å². The molecule has 0 aromatic carbocycles. The zero-order valence-electron chi connectivity index (χ0n) is 6.64. The first-order chi connectivity index (χ1) is 4.83. The third-order valence-corrected chi connectivity index (χ3v) is 2.26. The van der Waals surface area contributed by atoms with Gasteiger partial charge in [0.2, 0.25) is 0 Å². The van der Waals surface area contributed by atoms with E-state index >= 15 is 0 Å². The van der Waals surface area contributed by atoms with Crippen molar-refractivity contribution in [3.05, 3.63) is 6.58 Å². The van der Waals surface area contributed by atoms with Gasteiger partial charge in [-0.3, -0.25) is 0 Å². The van der Waals surface area contributed by atoms with Gasteiger partial charge in [0.05, 0.1) is 6.04 Å². The van der Waals surface area contributed by atoms with Crippen molar-refractivity contribution in [1.82, 2.24) is 0 Å². The van der Waals surface area contributed by atoms with Crippen molar-refractivity contribution in [2.24, 2.45) is 10.9 Å². The molecule has 0 amide bonds. The molecule has 0 bridgehead atoms. The monoisotopic (exact) mass is 137 g/mol. The quantitative estimate of drug-likeness (QED) is 0.492. The Hall–Kier alpha value is -0.550. The molecule has 0 aliphatic heterocycles. The minimum Gasteiger partial charge on any atom is -0.240 e. The molecule has 0 atom stereocenters. The van der Waals surface area contributed by atoms with Gasteiger partial charge in [-0.05, 0) is 44.0 Å². The van der Waals surface area contributed by atoms with E-state index in [-0.39, 0.29) is 0 Å². The summed E-state index contributed by atoms with van der Waals surface area (Å²) in [5, 5.41) is 0. The highest BCUT2D eigenvalue weighted by atomic mass is 14.8. The Balaban J connectivity index is 2.32. The number of nitrogens with zero attached hydrogens (tertiary/aromatic N) is 1. The summed E-state index contributed by atoms with van der Waals surface area (Å²) >= 11 is 0. The second-order valence-electron chi connectivity index (χ2n) is 3.20. The molecule has 1 saturated carbocycles. The van der Waals surface area contributed by atoms with Crippen LogP contribution >= 0.6 is 0 Å². The number of rotatable bonds is 1. The van der Waals surface area contributed by atoms with Crippen LogP contribution in [0.1, 0.15) is 32.6 Å². The Bertz CT molecular complexity index is 137. The summed E-state index contributed by atoms with van der Waals surface area (Å²) in [5.74, 6) is 3.54. The van der Waals surface area contributed by atoms with Crippen LogP contribution < -0.4 is 0 Å². The van der Waals surface area contributed by atoms with E-state index < -0.39 is 0 Å². The van der Waals surface area contributed by atoms with Crippen LogP contribution in [-0.4, -0.2) is 11.9 Å². The lowest BCUT2D eigenvalue weighted by molar-refractivity contribution is 0.350. The van der Waals surface area contributed by atoms with E-state index in [0.717, 1.165) is 5.92 Å². The van der Waals surface area contributed by atoms with Crippen LogP contribution in [-0.2, 0) is 0 Å². The molecule has 1 nitrogen and oxygen atoms in total. The summed E-state index contributed by atoms with van der Waals surface area (Å²) in [7, 11) is 0. The van der Waals surface area contributed by atoms with E-state index in [2.05, 4.69) is 24.4 Å². The third kappa shape index (κ3) is 2.00. The van der Waals surface area contributed by atoms with Gasteiger partial charge in [0.15, 0.2) is 0 Å². The molecule has 0 spiro atoms. The van der Waals surface area contributed by atoms with Gasteiger partial charge in [-0.2, -0.15) is 0 Å². The average Bonchev–Trinajstić information content (AvgIpc) is 1.95. The summed E-state index contributed by atoms with van der Waals surface area (Å²) in [5.41, 5.74) is 0. The fraction of sp³-hybridized carbons (Fsp3) is 0.778. The minimum absolute atomic E-state index is 0.536. The van der Waals surface area contributed by atoms with E-state index in [0.29, 0.717) is 6.04 Å². The molecule has 1 rings (SSSR count). The van der Waals surface area contributed by atoms with Crippen molar-refractivity contribution in [3.8, 4) is 0 Å². The SMILES string of the molecule is C=C=NC1CCC(C)CC1. The van der Waals surface area contributed by atoms with Crippen LogP contribution in [0.2, 0.25) is 0 Å².